The summed E-state index contributed by atoms with van der Waals surface area (Å²) in [6.45, 7) is 8.44. The fourth-order valence-corrected chi connectivity index (χ4v) is 3.23. The summed E-state index contributed by atoms with van der Waals surface area (Å²) in [6, 6.07) is 0. The van der Waals surface area contributed by atoms with Crippen LogP contribution in [0.4, 0.5) is 0 Å². The Morgan fingerprint density at radius 2 is 1.04 bits per heavy atom. The number of unbranched alkanes of at least 4 members (excludes halogenated alkanes) is 14. The van der Waals surface area contributed by atoms with Gasteiger partial charge in [0.25, 0.3) is 0 Å². The molecule has 2 heteroatoms. The second kappa shape index (κ2) is 17.3. The molecule has 0 aromatic heterocycles. The van der Waals surface area contributed by atoms with E-state index in [1.807, 2.05) is 0 Å². The van der Waals surface area contributed by atoms with Gasteiger partial charge in [-0.05, 0) is 27.2 Å². The van der Waals surface area contributed by atoms with E-state index in [0.717, 1.165) is 6.42 Å². The van der Waals surface area contributed by atoms with Crippen molar-refractivity contribution < 1.29 is 9.84 Å². The predicted molar refractivity (Wildman–Crippen MR) is 111 cm³/mol. The van der Waals surface area contributed by atoms with Crippen LogP contribution in [-0.2, 0) is 4.74 Å². The summed E-state index contributed by atoms with van der Waals surface area (Å²) in [5, 5.41) is 9.65. The van der Waals surface area contributed by atoms with Crippen LogP contribution in [0.3, 0.4) is 0 Å². The maximum atomic E-state index is 9.65. The lowest BCUT2D eigenvalue weighted by atomic mass is 10.0. The van der Waals surface area contributed by atoms with Crippen LogP contribution in [0.5, 0.6) is 0 Å². The Bertz CT molecular complexity index is 257. The highest BCUT2D eigenvalue weighted by molar-refractivity contribution is 4.64. The van der Waals surface area contributed by atoms with Crippen molar-refractivity contribution in [3.05, 3.63) is 0 Å². The minimum atomic E-state index is -0.705. The van der Waals surface area contributed by atoms with E-state index in [-0.39, 0.29) is 6.10 Å². The molecule has 0 saturated carbocycles. The van der Waals surface area contributed by atoms with Gasteiger partial charge in [-0.1, -0.05) is 103 Å². The van der Waals surface area contributed by atoms with E-state index in [1.54, 1.807) is 13.8 Å². The van der Waals surface area contributed by atoms with Crippen LogP contribution in [0, 0.1) is 0 Å². The molecule has 1 N–H and O–H groups in total. The number of hydrogen-bond donors (Lipinski definition) is 1. The van der Waals surface area contributed by atoms with Gasteiger partial charge in [-0.3, -0.25) is 0 Å². The van der Waals surface area contributed by atoms with Crippen LogP contribution in [0.25, 0.3) is 0 Å². The van der Waals surface area contributed by atoms with Crippen LogP contribution in [0.15, 0.2) is 0 Å². The predicted octanol–water partition coefficient (Wildman–Crippen LogP) is 7.42. The molecule has 0 bridgehead atoms. The summed E-state index contributed by atoms with van der Waals surface area (Å²) < 4.78 is 5.68. The lowest BCUT2D eigenvalue weighted by Crippen LogP contribution is -2.28. The van der Waals surface area contributed by atoms with Crippen molar-refractivity contribution in [3.8, 4) is 0 Å². The maximum absolute atomic E-state index is 9.65. The molecule has 0 rings (SSSR count). The maximum Gasteiger partial charge on any atom is 0.0824 e. The van der Waals surface area contributed by atoms with Gasteiger partial charge in [-0.25, -0.2) is 0 Å². The van der Waals surface area contributed by atoms with Crippen molar-refractivity contribution >= 4 is 0 Å². The summed E-state index contributed by atoms with van der Waals surface area (Å²) in [7, 11) is 0. The number of aliphatic hydroxyl groups is 1. The van der Waals surface area contributed by atoms with Gasteiger partial charge in [-0.2, -0.15) is 0 Å². The van der Waals surface area contributed by atoms with E-state index in [4.69, 9.17) is 4.74 Å². The first-order valence-corrected chi connectivity index (χ1v) is 11.3. The van der Waals surface area contributed by atoms with Crippen molar-refractivity contribution in [1.29, 1.82) is 0 Å². The highest BCUT2D eigenvalue weighted by Crippen LogP contribution is 2.15. The first-order valence-electron chi connectivity index (χ1n) is 11.3. The molecule has 152 valence electrons. The summed E-state index contributed by atoms with van der Waals surface area (Å²) in [4.78, 5) is 0. The van der Waals surface area contributed by atoms with E-state index in [9.17, 15) is 5.11 Å². The molecule has 0 fully saturated rings. The normalized spacial score (nSPS) is 13.3. The van der Waals surface area contributed by atoms with Crippen molar-refractivity contribution in [2.24, 2.45) is 0 Å². The molecule has 0 amide bonds. The number of rotatable bonds is 19. The van der Waals surface area contributed by atoms with Gasteiger partial charge < -0.3 is 9.84 Å². The van der Waals surface area contributed by atoms with Gasteiger partial charge in [0.15, 0.2) is 0 Å². The van der Waals surface area contributed by atoms with Crippen LogP contribution < -0.4 is 0 Å². The van der Waals surface area contributed by atoms with Crippen LogP contribution >= 0.6 is 0 Å². The Balaban J connectivity index is 3.14. The molecule has 0 aliphatic rings. The first kappa shape index (κ1) is 24.9. The lowest BCUT2D eigenvalue weighted by Gasteiger charge is -2.20. The average Bonchev–Trinajstić information content (AvgIpc) is 2.56. The second-order valence-electron chi connectivity index (χ2n) is 8.67. The van der Waals surface area contributed by atoms with E-state index in [2.05, 4.69) is 13.8 Å². The van der Waals surface area contributed by atoms with E-state index in [0.29, 0.717) is 6.61 Å². The Hall–Kier alpha value is -0.0800. The summed E-state index contributed by atoms with van der Waals surface area (Å²) in [5.74, 6) is 0. The SMILES string of the molecule is CCCCCCCCCCCCCCCCCC(C)OCC(C)(C)O. The number of hydrogen-bond acceptors (Lipinski definition) is 2. The van der Waals surface area contributed by atoms with E-state index >= 15 is 0 Å². The Labute approximate surface area is 159 Å². The Morgan fingerprint density at radius 1 is 0.680 bits per heavy atom. The molecular formula is C23H48O2. The van der Waals surface area contributed by atoms with Gasteiger partial charge in [0.05, 0.1) is 18.3 Å². The number of ether oxygens (including phenoxy) is 1. The topological polar surface area (TPSA) is 29.5 Å². The summed E-state index contributed by atoms with van der Waals surface area (Å²) in [5.41, 5.74) is -0.705. The highest BCUT2D eigenvalue weighted by Gasteiger charge is 2.14. The molecule has 0 aliphatic heterocycles. The van der Waals surface area contributed by atoms with Crippen LogP contribution in [0.2, 0.25) is 0 Å². The zero-order chi connectivity index (χ0) is 18.8. The van der Waals surface area contributed by atoms with Crippen molar-refractivity contribution in [2.45, 2.75) is 142 Å². The van der Waals surface area contributed by atoms with Gasteiger partial charge in [-0.15, -0.1) is 0 Å². The fraction of sp³-hybridized carbons (Fsp3) is 1.00. The quantitative estimate of drug-likeness (QED) is 0.244. The molecule has 0 aromatic rings. The smallest absolute Gasteiger partial charge is 0.0824 e. The molecule has 2 nitrogen and oxygen atoms in total. The molecule has 1 unspecified atom stereocenters. The summed E-state index contributed by atoms with van der Waals surface area (Å²) >= 11 is 0. The Kier molecular flexibility index (Phi) is 17.3. The van der Waals surface area contributed by atoms with Crippen molar-refractivity contribution in [3.63, 3.8) is 0 Å². The first-order chi connectivity index (χ1) is 12.0. The van der Waals surface area contributed by atoms with E-state index < -0.39 is 5.60 Å². The molecule has 1 atom stereocenters. The zero-order valence-electron chi connectivity index (χ0n) is 18.0. The third kappa shape index (κ3) is 21.9. The van der Waals surface area contributed by atoms with E-state index in [1.165, 1.54) is 96.3 Å². The highest BCUT2D eigenvalue weighted by atomic mass is 16.5. The van der Waals surface area contributed by atoms with Crippen LogP contribution in [-0.4, -0.2) is 23.4 Å². The van der Waals surface area contributed by atoms with Gasteiger partial charge in [0.2, 0.25) is 0 Å². The minimum absolute atomic E-state index is 0.272. The van der Waals surface area contributed by atoms with Gasteiger partial charge in [0.1, 0.15) is 0 Å². The van der Waals surface area contributed by atoms with Crippen molar-refractivity contribution in [2.75, 3.05) is 6.61 Å². The molecule has 25 heavy (non-hydrogen) atoms. The lowest BCUT2D eigenvalue weighted by molar-refractivity contribution is -0.0500. The van der Waals surface area contributed by atoms with Crippen molar-refractivity contribution in [1.82, 2.24) is 0 Å². The average molecular weight is 357 g/mol. The molecule has 0 radical (unpaired) electrons. The molecule has 0 aliphatic carbocycles. The molecular weight excluding hydrogens is 308 g/mol. The van der Waals surface area contributed by atoms with Gasteiger partial charge >= 0.3 is 0 Å². The third-order valence-corrected chi connectivity index (χ3v) is 4.94. The zero-order valence-corrected chi connectivity index (χ0v) is 18.0. The second-order valence-corrected chi connectivity index (χ2v) is 8.67. The van der Waals surface area contributed by atoms with Gasteiger partial charge in [0, 0.05) is 0 Å². The fourth-order valence-electron chi connectivity index (χ4n) is 3.23. The molecule has 0 heterocycles. The van der Waals surface area contributed by atoms with Crippen LogP contribution in [0.1, 0.15) is 130 Å². The third-order valence-electron chi connectivity index (χ3n) is 4.94. The molecule has 0 saturated heterocycles. The standard InChI is InChI=1S/C23H48O2/c1-5-6-7-8-9-10-11-12-13-14-15-16-17-18-19-20-22(2)25-21-23(3,4)24/h22,24H,5-21H2,1-4H3. The molecule has 0 spiro atoms. The monoisotopic (exact) mass is 356 g/mol. The molecule has 0 aromatic carbocycles. The largest absolute Gasteiger partial charge is 0.388 e. The summed E-state index contributed by atoms with van der Waals surface area (Å²) in [6.07, 6.45) is 22.5. The Morgan fingerprint density at radius 3 is 1.40 bits per heavy atom. The minimum Gasteiger partial charge on any atom is -0.388 e.